The van der Waals surface area contributed by atoms with Gasteiger partial charge in [0.25, 0.3) is 5.91 Å². The zero-order chi connectivity index (χ0) is 19.1. The predicted molar refractivity (Wildman–Crippen MR) is 104 cm³/mol. The molecular weight excluding hydrogens is 344 g/mol. The van der Waals surface area contributed by atoms with Gasteiger partial charge in [0.1, 0.15) is 5.75 Å². The molecule has 6 heteroatoms. The van der Waals surface area contributed by atoms with E-state index in [0.29, 0.717) is 23.4 Å². The summed E-state index contributed by atoms with van der Waals surface area (Å²) in [5.41, 5.74) is 2.11. The average molecular weight is 370 g/mol. The highest BCUT2D eigenvalue weighted by Crippen LogP contribution is 2.20. The van der Waals surface area contributed by atoms with Crippen molar-refractivity contribution in [1.82, 2.24) is 4.90 Å². The van der Waals surface area contributed by atoms with E-state index in [1.54, 1.807) is 31.4 Å². The smallest absolute Gasteiger partial charge is 0.255 e. The number of benzene rings is 2. The Bertz CT molecular complexity index is 725. The van der Waals surface area contributed by atoms with Gasteiger partial charge in [-0.2, -0.15) is 0 Å². The first-order chi connectivity index (χ1) is 13.2. The van der Waals surface area contributed by atoms with Crippen LogP contribution in [0.15, 0.2) is 48.5 Å². The Labute approximate surface area is 159 Å². The Morgan fingerprint density at radius 2 is 1.81 bits per heavy atom. The van der Waals surface area contributed by atoms with Crippen molar-refractivity contribution in [2.24, 2.45) is 0 Å². The second-order valence-electron chi connectivity index (χ2n) is 6.56. The molecule has 1 aliphatic rings. The Hall–Kier alpha value is -2.41. The van der Waals surface area contributed by atoms with E-state index in [4.69, 9.17) is 9.47 Å². The van der Waals surface area contributed by atoms with Crippen molar-refractivity contribution in [3.63, 3.8) is 0 Å². The Kier molecular flexibility index (Phi) is 6.81. The van der Waals surface area contributed by atoms with Crippen molar-refractivity contribution in [3.8, 4) is 5.75 Å². The lowest BCUT2D eigenvalue weighted by molar-refractivity contribution is 0.0300. The molecule has 1 atom stereocenters. The molecule has 1 unspecified atom stereocenters. The van der Waals surface area contributed by atoms with Crippen LogP contribution < -0.4 is 10.1 Å². The van der Waals surface area contributed by atoms with Crippen LogP contribution in [0, 0.1) is 0 Å². The first kappa shape index (κ1) is 19.4. The molecule has 1 aliphatic heterocycles. The van der Waals surface area contributed by atoms with Gasteiger partial charge in [0.2, 0.25) is 0 Å². The number of amides is 1. The number of rotatable bonds is 7. The maximum Gasteiger partial charge on any atom is 0.255 e. The van der Waals surface area contributed by atoms with E-state index in [0.717, 1.165) is 38.4 Å². The zero-order valence-corrected chi connectivity index (χ0v) is 15.6. The van der Waals surface area contributed by atoms with Crippen LogP contribution in [0.2, 0.25) is 0 Å². The molecule has 3 rings (SSSR count). The molecule has 1 amide bonds. The van der Waals surface area contributed by atoms with Gasteiger partial charge in [-0.3, -0.25) is 9.69 Å². The minimum atomic E-state index is -0.515. The maximum atomic E-state index is 12.3. The summed E-state index contributed by atoms with van der Waals surface area (Å²) in [4.78, 5) is 14.6. The van der Waals surface area contributed by atoms with Gasteiger partial charge >= 0.3 is 0 Å². The number of anilines is 1. The molecule has 0 spiro atoms. The molecule has 0 saturated carbocycles. The number of hydrogen-bond donors (Lipinski definition) is 2. The first-order valence-electron chi connectivity index (χ1n) is 9.19. The predicted octanol–water partition coefficient (Wildman–Crippen LogP) is 2.70. The summed E-state index contributed by atoms with van der Waals surface area (Å²) in [5, 5.41) is 13.3. The number of methoxy groups -OCH3 is 1. The van der Waals surface area contributed by atoms with Crippen LogP contribution >= 0.6 is 0 Å². The molecule has 0 aromatic heterocycles. The Morgan fingerprint density at radius 1 is 1.15 bits per heavy atom. The number of nitrogens with zero attached hydrogens (tertiary/aromatic N) is 1. The number of morpholine rings is 1. The van der Waals surface area contributed by atoms with Gasteiger partial charge in [-0.15, -0.1) is 0 Å². The number of aliphatic hydroxyl groups is 1. The standard InChI is InChI=1S/C21H26N2O4/c1-26-19-8-4-17(5-9-19)21(25)22-18-6-2-16(3-7-18)20(24)10-11-23-12-14-27-15-13-23/h2-9,20,24H,10-15H2,1H3,(H,22,25). The van der Waals surface area contributed by atoms with E-state index in [2.05, 4.69) is 10.2 Å². The second kappa shape index (κ2) is 9.50. The minimum absolute atomic E-state index is 0.182. The molecule has 144 valence electrons. The Morgan fingerprint density at radius 3 is 2.44 bits per heavy atom. The topological polar surface area (TPSA) is 71.0 Å². The maximum absolute atomic E-state index is 12.3. The van der Waals surface area contributed by atoms with Gasteiger partial charge in [0.05, 0.1) is 26.4 Å². The van der Waals surface area contributed by atoms with Gasteiger partial charge in [-0.05, 0) is 48.4 Å². The number of carbonyl (C=O) groups excluding carboxylic acids is 1. The van der Waals surface area contributed by atoms with Crippen LogP contribution in [-0.2, 0) is 4.74 Å². The SMILES string of the molecule is COc1ccc(C(=O)Nc2ccc(C(O)CCN3CCOCC3)cc2)cc1. The van der Waals surface area contributed by atoms with Crippen molar-refractivity contribution in [2.75, 3.05) is 45.3 Å². The first-order valence-corrected chi connectivity index (χ1v) is 9.19. The summed E-state index contributed by atoms with van der Waals surface area (Å²) in [7, 11) is 1.59. The highest BCUT2D eigenvalue weighted by atomic mass is 16.5. The normalized spacial score (nSPS) is 15.9. The fourth-order valence-corrected chi connectivity index (χ4v) is 3.03. The molecule has 1 saturated heterocycles. The van der Waals surface area contributed by atoms with Gasteiger partial charge in [0, 0.05) is 30.9 Å². The van der Waals surface area contributed by atoms with Gasteiger partial charge < -0.3 is 19.9 Å². The zero-order valence-electron chi connectivity index (χ0n) is 15.6. The van der Waals surface area contributed by atoms with Crippen LogP contribution in [0.25, 0.3) is 0 Å². The van der Waals surface area contributed by atoms with Crippen LogP contribution in [0.5, 0.6) is 5.75 Å². The molecule has 0 aliphatic carbocycles. The highest BCUT2D eigenvalue weighted by molar-refractivity contribution is 6.04. The molecule has 0 radical (unpaired) electrons. The van der Waals surface area contributed by atoms with E-state index in [-0.39, 0.29) is 5.91 Å². The molecule has 2 aromatic rings. The van der Waals surface area contributed by atoms with Gasteiger partial charge in [-0.25, -0.2) is 0 Å². The lowest BCUT2D eigenvalue weighted by atomic mass is 10.1. The fourth-order valence-electron chi connectivity index (χ4n) is 3.03. The molecule has 1 heterocycles. The van der Waals surface area contributed by atoms with E-state index in [9.17, 15) is 9.90 Å². The van der Waals surface area contributed by atoms with E-state index in [1.165, 1.54) is 0 Å². The molecular formula is C21H26N2O4. The van der Waals surface area contributed by atoms with Crippen LogP contribution in [0.4, 0.5) is 5.69 Å². The molecule has 1 fully saturated rings. The molecule has 27 heavy (non-hydrogen) atoms. The Balaban J connectivity index is 1.51. The summed E-state index contributed by atoms with van der Waals surface area (Å²) in [6.07, 6.45) is 0.163. The van der Waals surface area contributed by atoms with E-state index in [1.807, 2.05) is 24.3 Å². The number of nitrogens with one attached hydrogen (secondary N) is 1. The van der Waals surface area contributed by atoms with Crippen molar-refractivity contribution in [1.29, 1.82) is 0 Å². The molecule has 2 aromatic carbocycles. The number of ether oxygens (including phenoxy) is 2. The van der Waals surface area contributed by atoms with E-state index >= 15 is 0 Å². The lowest BCUT2D eigenvalue weighted by Gasteiger charge is -2.27. The number of aliphatic hydroxyl groups excluding tert-OH is 1. The second-order valence-corrected chi connectivity index (χ2v) is 6.56. The summed E-state index contributed by atoms with van der Waals surface area (Å²) < 4.78 is 10.4. The van der Waals surface area contributed by atoms with Gasteiger partial charge in [0.15, 0.2) is 0 Å². The number of hydrogen-bond acceptors (Lipinski definition) is 5. The molecule has 2 N–H and O–H groups in total. The largest absolute Gasteiger partial charge is 0.497 e. The quantitative estimate of drug-likeness (QED) is 0.784. The van der Waals surface area contributed by atoms with Crippen LogP contribution in [0.3, 0.4) is 0 Å². The van der Waals surface area contributed by atoms with Crippen LogP contribution in [-0.4, -0.2) is 55.9 Å². The third-order valence-corrected chi connectivity index (χ3v) is 4.73. The highest BCUT2D eigenvalue weighted by Gasteiger charge is 2.14. The van der Waals surface area contributed by atoms with Crippen molar-refractivity contribution < 1.29 is 19.4 Å². The summed E-state index contributed by atoms with van der Waals surface area (Å²) in [6, 6.07) is 14.3. The monoisotopic (exact) mass is 370 g/mol. The third kappa shape index (κ3) is 5.53. The summed E-state index contributed by atoms with van der Waals surface area (Å²) >= 11 is 0. The minimum Gasteiger partial charge on any atom is -0.497 e. The third-order valence-electron chi connectivity index (χ3n) is 4.73. The fraction of sp³-hybridized carbons (Fsp3) is 0.381. The number of carbonyl (C=O) groups is 1. The summed E-state index contributed by atoms with van der Waals surface area (Å²) in [5.74, 6) is 0.528. The van der Waals surface area contributed by atoms with Crippen molar-refractivity contribution in [3.05, 3.63) is 59.7 Å². The average Bonchev–Trinajstić information content (AvgIpc) is 2.73. The van der Waals surface area contributed by atoms with Crippen molar-refractivity contribution in [2.45, 2.75) is 12.5 Å². The van der Waals surface area contributed by atoms with Crippen LogP contribution in [0.1, 0.15) is 28.4 Å². The summed E-state index contributed by atoms with van der Waals surface area (Å²) in [6.45, 7) is 4.21. The lowest BCUT2D eigenvalue weighted by Crippen LogP contribution is -2.37. The van der Waals surface area contributed by atoms with Crippen molar-refractivity contribution >= 4 is 11.6 Å². The van der Waals surface area contributed by atoms with E-state index < -0.39 is 6.10 Å². The molecule has 0 bridgehead atoms. The molecule has 6 nitrogen and oxygen atoms in total. The van der Waals surface area contributed by atoms with Gasteiger partial charge in [-0.1, -0.05) is 12.1 Å².